The Morgan fingerprint density at radius 2 is 2.13 bits per heavy atom. The lowest BCUT2D eigenvalue weighted by Gasteiger charge is -2.12. The summed E-state index contributed by atoms with van der Waals surface area (Å²) in [6, 6.07) is 2.90. The third-order valence-corrected chi connectivity index (χ3v) is 3.15. The summed E-state index contributed by atoms with van der Waals surface area (Å²) in [6.07, 6.45) is 1.07. The summed E-state index contributed by atoms with van der Waals surface area (Å²) < 4.78 is 34.9. The van der Waals surface area contributed by atoms with E-state index in [1.54, 1.807) is 0 Å². The van der Waals surface area contributed by atoms with Crippen LogP contribution in [-0.2, 0) is 9.84 Å². The zero-order valence-electron chi connectivity index (χ0n) is 8.07. The van der Waals surface area contributed by atoms with Crippen LogP contribution in [0.4, 0.5) is 4.39 Å². The summed E-state index contributed by atoms with van der Waals surface area (Å²) in [4.78, 5) is 0. The average Bonchev–Trinajstić information content (AvgIpc) is 2.06. The molecule has 1 aromatic rings. The van der Waals surface area contributed by atoms with E-state index in [9.17, 15) is 12.8 Å². The lowest BCUT2D eigenvalue weighted by atomic mass is 10.1. The molecule has 0 heterocycles. The molecule has 2 N–H and O–H groups in total. The number of benzene rings is 1. The second-order valence-corrected chi connectivity index (χ2v) is 5.96. The van der Waals surface area contributed by atoms with Crippen molar-refractivity contribution in [3.8, 4) is 0 Å². The van der Waals surface area contributed by atoms with Gasteiger partial charge in [-0.15, -0.1) is 0 Å². The number of sulfone groups is 1. The molecular weight excluding hydrogens is 241 g/mol. The van der Waals surface area contributed by atoms with Gasteiger partial charge in [-0.2, -0.15) is 0 Å². The van der Waals surface area contributed by atoms with Gasteiger partial charge in [-0.05, 0) is 23.8 Å². The van der Waals surface area contributed by atoms with Crippen LogP contribution in [0.15, 0.2) is 18.2 Å². The minimum Gasteiger partial charge on any atom is -0.323 e. The van der Waals surface area contributed by atoms with Crippen LogP contribution in [-0.4, -0.2) is 20.4 Å². The second-order valence-electron chi connectivity index (χ2n) is 3.36. The zero-order valence-corrected chi connectivity index (χ0v) is 9.65. The molecule has 15 heavy (non-hydrogen) atoms. The van der Waals surface area contributed by atoms with Crippen molar-refractivity contribution in [1.29, 1.82) is 0 Å². The van der Waals surface area contributed by atoms with Gasteiger partial charge in [0.2, 0.25) is 0 Å². The van der Waals surface area contributed by atoms with Gasteiger partial charge in [-0.1, -0.05) is 11.6 Å². The smallest absolute Gasteiger partial charge is 0.149 e. The molecule has 6 heteroatoms. The van der Waals surface area contributed by atoms with Crippen molar-refractivity contribution < 1.29 is 12.8 Å². The summed E-state index contributed by atoms with van der Waals surface area (Å²) in [7, 11) is -3.21. The van der Waals surface area contributed by atoms with Gasteiger partial charge in [0.15, 0.2) is 0 Å². The van der Waals surface area contributed by atoms with Gasteiger partial charge in [-0.3, -0.25) is 0 Å². The van der Waals surface area contributed by atoms with Crippen molar-refractivity contribution in [2.75, 3.05) is 12.0 Å². The van der Waals surface area contributed by atoms with Gasteiger partial charge in [-0.25, -0.2) is 12.8 Å². The highest BCUT2D eigenvalue weighted by molar-refractivity contribution is 7.90. The highest BCUT2D eigenvalue weighted by atomic mass is 35.5. The van der Waals surface area contributed by atoms with E-state index in [2.05, 4.69) is 0 Å². The summed E-state index contributed by atoms with van der Waals surface area (Å²) in [5.74, 6) is -0.741. The van der Waals surface area contributed by atoms with Crippen molar-refractivity contribution in [1.82, 2.24) is 0 Å². The van der Waals surface area contributed by atoms with Crippen molar-refractivity contribution in [3.63, 3.8) is 0 Å². The van der Waals surface area contributed by atoms with Gasteiger partial charge in [0.1, 0.15) is 15.7 Å². The van der Waals surface area contributed by atoms with Crippen molar-refractivity contribution in [3.05, 3.63) is 34.6 Å². The summed E-state index contributed by atoms with van der Waals surface area (Å²) in [5, 5.41) is 0.271. The van der Waals surface area contributed by atoms with E-state index in [0.717, 1.165) is 12.3 Å². The predicted octanol–water partition coefficient (Wildman–Crippen LogP) is 1.52. The molecule has 0 radical (unpaired) electrons. The number of hydrogen-bond donors (Lipinski definition) is 1. The Morgan fingerprint density at radius 3 is 2.67 bits per heavy atom. The van der Waals surface area contributed by atoms with Gasteiger partial charge in [0, 0.05) is 17.3 Å². The third kappa shape index (κ3) is 3.77. The minimum absolute atomic E-state index is 0.254. The van der Waals surface area contributed by atoms with Crippen LogP contribution in [0.2, 0.25) is 5.02 Å². The first-order valence-corrected chi connectivity index (χ1v) is 6.61. The van der Waals surface area contributed by atoms with Gasteiger partial charge >= 0.3 is 0 Å². The van der Waals surface area contributed by atoms with E-state index in [0.29, 0.717) is 5.56 Å². The predicted molar refractivity (Wildman–Crippen MR) is 58.0 cm³/mol. The molecule has 3 nitrogen and oxygen atoms in total. The molecule has 0 aliphatic carbocycles. The average molecular weight is 252 g/mol. The number of hydrogen-bond acceptors (Lipinski definition) is 3. The van der Waals surface area contributed by atoms with Crippen LogP contribution < -0.4 is 5.73 Å². The Kier molecular flexibility index (Phi) is 3.70. The van der Waals surface area contributed by atoms with E-state index in [4.69, 9.17) is 17.3 Å². The first-order chi connectivity index (χ1) is 6.79. The highest BCUT2D eigenvalue weighted by Gasteiger charge is 2.16. The maximum atomic E-state index is 12.9. The molecule has 1 unspecified atom stereocenters. The zero-order chi connectivity index (χ0) is 11.6. The van der Waals surface area contributed by atoms with Gasteiger partial charge in [0.05, 0.1) is 5.75 Å². The molecule has 0 bridgehead atoms. The van der Waals surface area contributed by atoms with E-state index < -0.39 is 21.7 Å². The van der Waals surface area contributed by atoms with Crippen LogP contribution in [0.5, 0.6) is 0 Å². The molecule has 0 saturated carbocycles. The molecular formula is C9H11ClFNO2S. The normalized spacial score (nSPS) is 13.9. The van der Waals surface area contributed by atoms with E-state index >= 15 is 0 Å². The maximum Gasteiger partial charge on any atom is 0.149 e. The first kappa shape index (κ1) is 12.4. The van der Waals surface area contributed by atoms with Crippen molar-refractivity contribution in [2.45, 2.75) is 6.04 Å². The SMILES string of the molecule is CS(=O)(=O)CC(N)c1cc(F)ccc1Cl. The lowest BCUT2D eigenvalue weighted by Crippen LogP contribution is -2.21. The fourth-order valence-electron chi connectivity index (χ4n) is 1.21. The molecule has 0 saturated heterocycles. The molecule has 0 fully saturated rings. The molecule has 0 aromatic heterocycles. The Bertz CT molecular complexity index is 461. The number of nitrogens with two attached hydrogens (primary N) is 1. The molecule has 1 aromatic carbocycles. The highest BCUT2D eigenvalue weighted by Crippen LogP contribution is 2.23. The maximum absolute atomic E-state index is 12.9. The van der Waals surface area contributed by atoms with Crippen LogP contribution in [0, 0.1) is 5.82 Å². The number of rotatable bonds is 3. The standard InChI is InChI=1S/C9H11ClFNO2S/c1-15(13,14)5-9(12)7-4-6(11)2-3-8(7)10/h2-4,9H,5,12H2,1H3. The van der Waals surface area contributed by atoms with Gasteiger partial charge < -0.3 is 5.73 Å². The van der Waals surface area contributed by atoms with E-state index in [1.807, 2.05) is 0 Å². The topological polar surface area (TPSA) is 60.2 Å². The molecule has 1 atom stereocenters. The Morgan fingerprint density at radius 1 is 1.53 bits per heavy atom. The summed E-state index contributed by atoms with van der Waals surface area (Å²) in [5.41, 5.74) is 5.93. The van der Waals surface area contributed by atoms with E-state index in [-0.39, 0.29) is 10.8 Å². The molecule has 0 aliphatic rings. The lowest BCUT2D eigenvalue weighted by molar-refractivity contribution is 0.592. The van der Waals surface area contributed by atoms with E-state index in [1.165, 1.54) is 12.1 Å². The third-order valence-electron chi connectivity index (χ3n) is 1.84. The van der Waals surface area contributed by atoms with Crippen molar-refractivity contribution >= 4 is 21.4 Å². The minimum atomic E-state index is -3.21. The summed E-state index contributed by atoms with van der Waals surface area (Å²) >= 11 is 5.78. The molecule has 0 amide bonds. The molecule has 0 aliphatic heterocycles. The molecule has 1 rings (SSSR count). The largest absolute Gasteiger partial charge is 0.323 e. The Labute approximate surface area is 93.0 Å². The monoisotopic (exact) mass is 251 g/mol. The molecule has 84 valence electrons. The van der Waals surface area contributed by atoms with Gasteiger partial charge in [0.25, 0.3) is 0 Å². The first-order valence-electron chi connectivity index (χ1n) is 4.18. The molecule has 0 spiro atoms. The number of halogens is 2. The summed E-state index contributed by atoms with van der Waals surface area (Å²) in [6.45, 7) is 0. The van der Waals surface area contributed by atoms with Crippen molar-refractivity contribution in [2.24, 2.45) is 5.73 Å². The van der Waals surface area contributed by atoms with Crippen LogP contribution >= 0.6 is 11.6 Å². The Hall–Kier alpha value is -0.650. The quantitative estimate of drug-likeness (QED) is 0.886. The second kappa shape index (κ2) is 4.47. The van der Waals surface area contributed by atoms with Crippen LogP contribution in [0.25, 0.3) is 0 Å². The Balaban J connectivity index is 3.00. The van der Waals surface area contributed by atoms with Crippen LogP contribution in [0.1, 0.15) is 11.6 Å². The van der Waals surface area contributed by atoms with Crippen LogP contribution in [0.3, 0.4) is 0 Å². The fraction of sp³-hybridized carbons (Fsp3) is 0.333. The fourth-order valence-corrected chi connectivity index (χ4v) is 2.30.